The molecule has 4 rings (SSSR count). The summed E-state index contributed by atoms with van der Waals surface area (Å²) in [5.41, 5.74) is 3.99. The molecule has 0 bridgehead atoms. The molecular weight excluding hydrogens is 426 g/mol. The maximum Gasteiger partial charge on any atom is 0.336 e. The number of hydrogen-bond acceptors (Lipinski definition) is 8. The smallest absolute Gasteiger partial charge is 0.336 e. The summed E-state index contributed by atoms with van der Waals surface area (Å²) in [6.45, 7) is 10.1. The van der Waals surface area contributed by atoms with Gasteiger partial charge in [0.05, 0.1) is 22.7 Å². The quantitative estimate of drug-likeness (QED) is 0.467. The normalized spacial score (nSPS) is 18.9. The van der Waals surface area contributed by atoms with Gasteiger partial charge in [0.25, 0.3) is 0 Å². The summed E-state index contributed by atoms with van der Waals surface area (Å²) in [6, 6.07) is 0.913. The van der Waals surface area contributed by atoms with Crippen molar-refractivity contribution < 1.29 is 14.3 Å². The van der Waals surface area contributed by atoms with Crippen molar-refractivity contribution in [2.45, 2.75) is 65.0 Å². The second-order valence-electron chi connectivity index (χ2n) is 8.89. The Kier molecular flexibility index (Phi) is 6.07. The van der Waals surface area contributed by atoms with E-state index in [1.54, 1.807) is 18.0 Å². The van der Waals surface area contributed by atoms with Crippen molar-refractivity contribution in [1.82, 2.24) is 5.43 Å². The summed E-state index contributed by atoms with van der Waals surface area (Å²) < 4.78 is 12.0. The van der Waals surface area contributed by atoms with E-state index >= 15 is 0 Å². The molecule has 0 saturated carbocycles. The molecule has 170 valence electrons. The number of amidine groups is 1. The van der Waals surface area contributed by atoms with Crippen LogP contribution >= 0.6 is 11.8 Å². The maximum absolute atomic E-state index is 12.5. The van der Waals surface area contributed by atoms with Gasteiger partial charge in [-0.05, 0) is 43.9 Å². The molecule has 32 heavy (non-hydrogen) atoms. The molecule has 3 heterocycles. The number of hydrogen-bond donors (Lipinski definition) is 2. The van der Waals surface area contributed by atoms with Crippen LogP contribution in [0.1, 0.15) is 76.1 Å². The SMILES string of the molecule is CCCCSC1=NC(c2c(O)c3c(c4c(C(C)C)cc(=O)oc24)OC(C)(C)C=C3)C=NN1. The molecule has 1 unspecified atom stereocenters. The Morgan fingerprint density at radius 1 is 1.34 bits per heavy atom. The van der Waals surface area contributed by atoms with Gasteiger partial charge < -0.3 is 14.3 Å². The van der Waals surface area contributed by atoms with Gasteiger partial charge in [-0.2, -0.15) is 5.10 Å². The van der Waals surface area contributed by atoms with Crippen molar-refractivity contribution in [2.75, 3.05) is 5.75 Å². The summed E-state index contributed by atoms with van der Waals surface area (Å²) in [5.74, 6) is 1.47. The van der Waals surface area contributed by atoms with Gasteiger partial charge in [-0.3, -0.25) is 5.43 Å². The lowest BCUT2D eigenvalue weighted by Gasteiger charge is -2.31. The van der Waals surface area contributed by atoms with Crippen LogP contribution in [0, 0.1) is 0 Å². The number of nitrogens with one attached hydrogen (secondary N) is 1. The number of ether oxygens (including phenoxy) is 1. The third-order valence-electron chi connectivity index (χ3n) is 5.52. The highest BCUT2D eigenvalue weighted by Crippen LogP contribution is 2.49. The molecule has 1 aromatic heterocycles. The Balaban J connectivity index is 1.98. The first kappa shape index (κ1) is 22.5. The van der Waals surface area contributed by atoms with Gasteiger partial charge in [-0.15, -0.1) is 0 Å². The average Bonchev–Trinajstić information content (AvgIpc) is 2.73. The van der Waals surface area contributed by atoms with Crippen LogP contribution in [-0.2, 0) is 0 Å². The fourth-order valence-electron chi connectivity index (χ4n) is 3.87. The molecule has 0 aliphatic carbocycles. The van der Waals surface area contributed by atoms with E-state index in [4.69, 9.17) is 14.1 Å². The van der Waals surface area contributed by atoms with Crippen LogP contribution in [0.5, 0.6) is 11.5 Å². The molecule has 2 aromatic rings. The second kappa shape index (κ2) is 8.65. The Morgan fingerprint density at radius 3 is 2.84 bits per heavy atom. The molecule has 0 fully saturated rings. The van der Waals surface area contributed by atoms with Crippen LogP contribution in [0.4, 0.5) is 0 Å². The molecule has 1 aromatic carbocycles. The highest BCUT2D eigenvalue weighted by atomic mass is 32.2. The van der Waals surface area contributed by atoms with Crippen LogP contribution in [-0.4, -0.2) is 27.8 Å². The van der Waals surface area contributed by atoms with E-state index in [0.29, 0.717) is 33.0 Å². The first-order valence-electron chi connectivity index (χ1n) is 11.0. The molecule has 0 saturated heterocycles. The molecule has 0 amide bonds. The predicted octanol–water partition coefficient (Wildman–Crippen LogP) is 5.33. The van der Waals surface area contributed by atoms with Crippen LogP contribution in [0.25, 0.3) is 17.0 Å². The minimum absolute atomic E-state index is 0.0108. The number of phenolic OH excluding ortho intramolecular Hbond substituents is 1. The van der Waals surface area contributed by atoms with E-state index in [0.717, 1.165) is 24.2 Å². The number of rotatable bonds is 5. The Bertz CT molecular complexity index is 1190. The molecule has 1 atom stereocenters. The van der Waals surface area contributed by atoms with Crippen LogP contribution < -0.4 is 15.8 Å². The Labute approximate surface area is 191 Å². The van der Waals surface area contributed by atoms with Gasteiger partial charge in [0.1, 0.15) is 23.1 Å². The highest BCUT2D eigenvalue weighted by molar-refractivity contribution is 8.13. The van der Waals surface area contributed by atoms with Crippen molar-refractivity contribution in [2.24, 2.45) is 10.1 Å². The van der Waals surface area contributed by atoms with Gasteiger partial charge in [-0.25, -0.2) is 9.79 Å². The second-order valence-corrected chi connectivity index (χ2v) is 9.98. The van der Waals surface area contributed by atoms with E-state index in [-0.39, 0.29) is 11.7 Å². The van der Waals surface area contributed by atoms with Crippen molar-refractivity contribution in [3.8, 4) is 11.5 Å². The van der Waals surface area contributed by atoms with Gasteiger partial charge >= 0.3 is 5.63 Å². The zero-order valence-corrected chi connectivity index (χ0v) is 19.9. The first-order valence-corrected chi connectivity index (χ1v) is 11.9. The van der Waals surface area contributed by atoms with Gasteiger partial charge in [-0.1, -0.05) is 39.0 Å². The van der Waals surface area contributed by atoms with E-state index < -0.39 is 17.3 Å². The number of unbranched alkanes of at least 4 members (excludes halogenated alkanes) is 1. The largest absolute Gasteiger partial charge is 0.507 e. The standard InChI is InChI=1S/C24H29N3O4S/c1-6-7-10-32-23-26-16(12-25-27-23)19-20(29)14-8-9-24(4,5)31-21(14)18-15(13(2)3)11-17(28)30-22(18)19/h8-9,11-13,16,29H,6-7,10H2,1-5H3,(H,26,27). The average molecular weight is 456 g/mol. The van der Waals surface area contributed by atoms with E-state index in [9.17, 15) is 9.90 Å². The summed E-state index contributed by atoms with van der Waals surface area (Å²) in [5, 5.41) is 16.9. The minimum Gasteiger partial charge on any atom is -0.507 e. The topological polar surface area (TPSA) is 96.4 Å². The molecule has 2 aliphatic heterocycles. The molecule has 2 N–H and O–H groups in total. The molecule has 2 aliphatic rings. The van der Waals surface area contributed by atoms with Gasteiger partial charge in [0, 0.05) is 11.8 Å². The summed E-state index contributed by atoms with van der Waals surface area (Å²) in [4.78, 5) is 17.2. The summed E-state index contributed by atoms with van der Waals surface area (Å²) >= 11 is 1.58. The molecule has 8 heteroatoms. The number of nitrogens with zero attached hydrogens (tertiary/aromatic N) is 2. The van der Waals surface area contributed by atoms with Crippen molar-refractivity contribution in [1.29, 1.82) is 0 Å². The van der Waals surface area contributed by atoms with Crippen LogP contribution in [0.3, 0.4) is 0 Å². The summed E-state index contributed by atoms with van der Waals surface area (Å²) in [6.07, 6.45) is 7.55. The lowest BCUT2D eigenvalue weighted by Crippen LogP contribution is -2.28. The van der Waals surface area contributed by atoms with Crippen molar-refractivity contribution >= 4 is 40.2 Å². The minimum atomic E-state index is -0.595. The Hall–Kier alpha value is -2.74. The van der Waals surface area contributed by atoms with Crippen LogP contribution in [0.2, 0.25) is 0 Å². The number of phenols is 1. The number of thioether (sulfide) groups is 1. The fraction of sp³-hybridized carbons (Fsp3) is 0.458. The summed E-state index contributed by atoms with van der Waals surface area (Å²) in [7, 11) is 0. The fourth-order valence-corrected chi connectivity index (χ4v) is 4.81. The molecule has 7 nitrogen and oxygen atoms in total. The molecular formula is C24H29N3O4S. The third-order valence-corrected chi connectivity index (χ3v) is 6.48. The maximum atomic E-state index is 12.5. The van der Waals surface area contributed by atoms with Crippen LogP contribution in [0.15, 0.2) is 31.4 Å². The Morgan fingerprint density at radius 2 is 2.12 bits per heavy atom. The van der Waals surface area contributed by atoms with E-state index in [1.807, 2.05) is 39.8 Å². The number of hydrazone groups is 1. The molecule has 0 spiro atoms. The van der Waals surface area contributed by atoms with Gasteiger partial charge in [0.15, 0.2) is 10.8 Å². The number of benzene rings is 1. The lowest BCUT2D eigenvalue weighted by atomic mass is 9.90. The monoisotopic (exact) mass is 455 g/mol. The van der Waals surface area contributed by atoms with E-state index in [1.165, 1.54) is 6.07 Å². The highest BCUT2D eigenvalue weighted by Gasteiger charge is 2.33. The van der Waals surface area contributed by atoms with Crippen molar-refractivity contribution in [3.63, 3.8) is 0 Å². The zero-order valence-electron chi connectivity index (χ0n) is 19.1. The number of aromatic hydroxyl groups is 1. The third kappa shape index (κ3) is 4.16. The lowest BCUT2D eigenvalue weighted by molar-refractivity contribution is 0.160. The van der Waals surface area contributed by atoms with Gasteiger partial charge in [0.2, 0.25) is 0 Å². The first-order chi connectivity index (χ1) is 15.2. The van der Waals surface area contributed by atoms with E-state index in [2.05, 4.69) is 17.5 Å². The van der Waals surface area contributed by atoms with Crippen molar-refractivity contribution in [3.05, 3.63) is 39.3 Å². The predicted molar refractivity (Wildman–Crippen MR) is 131 cm³/mol. The number of fused-ring (bicyclic) bond motifs is 3. The zero-order chi connectivity index (χ0) is 23.0. The number of aliphatic imine (C=N–C) groups is 1. The molecule has 0 radical (unpaired) electrons.